The molecule has 1 aromatic carbocycles. The summed E-state index contributed by atoms with van der Waals surface area (Å²) < 4.78 is 4.64. The van der Waals surface area contributed by atoms with Crippen LogP contribution >= 0.6 is 0 Å². The van der Waals surface area contributed by atoms with E-state index >= 15 is 0 Å². The summed E-state index contributed by atoms with van der Waals surface area (Å²) in [5.41, 5.74) is 1.65. The molecule has 0 aliphatic carbocycles. The topological polar surface area (TPSA) is 55.4 Å². The molecule has 0 fully saturated rings. The number of amides is 1. The molecule has 0 aromatic heterocycles. The van der Waals surface area contributed by atoms with Gasteiger partial charge < -0.3 is 10.1 Å². The van der Waals surface area contributed by atoms with Crippen LogP contribution in [-0.4, -0.2) is 12.4 Å². The molecule has 0 aliphatic rings. The van der Waals surface area contributed by atoms with Gasteiger partial charge in [0.15, 0.2) is 0 Å². The number of hydrogen-bond acceptors (Lipinski definition) is 3. The van der Waals surface area contributed by atoms with Gasteiger partial charge in [-0.2, -0.15) is 0 Å². The molecule has 1 amide bonds. The largest absolute Gasteiger partial charge is 0.463 e. The maximum atomic E-state index is 11.6. The van der Waals surface area contributed by atoms with E-state index in [2.05, 4.69) is 23.9 Å². The van der Waals surface area contributed by atoms with Crippen LogP contribution in [-0.2, 0) is 20.9 Å². The summed E-state index contributed by atoms with van der Waals surface area (Å²) in [5, 5.41) is 2.83. The summed E-state index contributed by atoms with van der Waals surface area (Å²) in [6.07, 6.45) is 1.42. The molecule has 4 nitrogen and oxygen atoms in total. The second-order valence-electron chi connectivity index (χ2n) is 4.58. The van der Waals surface area contributed by atoms with Gasteiger partial charge in [0.05, 0.1) is 0 Å². The molecule has 4 heteroatoms. The predicted octanol–water partition coefficient (Wildman–Crippen LogP) is 2.73. The third-order valence-electron chi connectivity index (χ3n) is 2.50. The molecule has 0 radical (unpaired) electrons. The van der Waals surface area contributed by atoms with Crippen molar-refractivity contribution in [2.75, 3.05) is 5.32 Å². The lowest BCUT2D eigenvalue weighted by Gasteiger charge is -2.07. The first-order valence-electron chi connectivity index (χ1n) is 6.06. The van der Waals surface area contributed by atoms with E-state index in [0.29, 0.717) is 18.8 Å². The van der Waals surface area contributed by atoms with Gasteiger partial charge in [0.25, 0.3) is 6.47 Å². The fourth-order valence-corrected chi connectivity index (χ4v) is 1.46. The first-order valence-corrected chi connectivity index (χ1v) is 6.06. The number of carbonyl (C=O) groups is 2. The second-order valence-corrected chi connectivity index (χ2v) is 4.58. The van der Waals surface area contributed by atoms with Crippen LogP contribution in [0.5, 0.6) is 0 Å². The molecule has 1 aromatic rings. The number of carbonyl (C=O) groups excluding carboxylic acids is 2. The molecule has 0 bridgehead atoms. The maximum absolute atomic E-state index is 11.6. The Kier molecular flexibility index (Phi) is 5.91. The monoisotopic (exact) mass is 249 g/mol. The average molecular weight is 249 g/mol. The van der Waals surface area contributed by atoms with Crippen molar-refractivity contribution in [3.8, 4) is 0 Å². The number of anilines is 1. The number of rotatable bonds is 7. The van der Waals surface area contributed by atoms with E-state index in [1.54, 1.807) is 12.1 Å². The summed E-state index contributed by atoms with van der Waals surface area (Å²) in [4.78, 5) is 21.6. The van der Waals surface area contributed by atoms with E-state index in [4.69, 9.17) is 0 Å². The van der Waals surface area contributed by atoms with Gasteiger partial charge >= 0.3 is 0 Å². The zero-order valence-electron chi connectivity index (χ0n) is 10.8. The fourth-order valence-electron chi connectivity index (χ4n) is 1.46. The van der Waals surface area contributed by atoms with Crippen molar-refractivity contribution in [2.24, 2.45) is 5.92 Å². The highest BCUT2D eigenvalue weighted by molar-refractivity contribution is 5.90. The van der Waals surface area contributed by atoms with Crippen LogP contribution < -0.4 is 5.32 Å². The summed E-state index contributed by atoms with van der Waals surface area (Å²) in [5.74, 6) is 0.555. The summed E-state index contributed by atoms with van der Waals surface area (Å²) in [6, 6.07) is 7.25. The van der Waals surface area contributed by atoms with Gasteiger partial charge in [0.1, 0.15) is 6.61 Å². The molecule has 0 unspecified atom stereocenters. The average Bonchev–Trinajstić information content (AvgIpc) is 2.35. The van der Waals surface area contributed by atoms with Gasteiger partial charge in [0, 0.05) is 12.1 Å². The van der Waals surface area contributed by atoms with Gasteiger partial charge in [-0.1, -0.05) is 26.0 Å². The molecule has 98 valence electrons. The molecule has 0 atom stereocenters. The molecule has 1 N–H and O–H groups in total. The van der Waals surface area contributed by atoms with Gasteiger partial charge in [-0.3, -0.25) is 9.59 Å². The van der Waals surface area contributed by atoms with Gasteiger partial charge in [-0.25, -0.2) is 0 Å². The normalized spacial score (nSPS) is 10.2. The van der Waals surface area contributed by atoms with Crippen molar-refractivity contribution < 1.29 is 14.3 Å². The SMILES string of the molecule is CC(C)CCC(=O)Nc1ccc(COC=O)cc1. The van der Waals surface area contributed by atoms with Crippen LogP contribution in [0.25, 0.3) is 0 Å². The molecule has 0 aliphatic heterocycles. The third-order valence-corrected chi connectivity index (χ3v) is 2.50. The molecule has 0 heterocycles. The van der Waals surface area contributed by atoms with Gasteiger partial charge in [0.2, 0.25) is 5.91 Å². The molecule has 0 saturated carbocycles. The Balaban J connectivity index is 2.42. The van der Waals surface area contributed by atoms with E-state index in [1.165, 1.54) is 0 Å². The van der Waals surface area contributed by atoms with Crippen molar-refractivity contribution in [2.45, 2.75) is 33.3 Å². The van der Waals surface area contributed by atoms with Gasteiger partial charge in [-0.05, 0) is 30.0 Å². The molecular formula is C14H19NO3. The molecule has 1 rings (SSSR count). The van der Waals surface area contributed by atoms with Crippen LogP contribution in [0.2, 0.25) is 0 Å². The van der Waals surface area contributed by atoms with Crippen LogP contribution in [0, 0.1) is 5.92 Å². The first-order chi connectivity index (χ1) is 8.61. The Morgan fingerprint density at radius 3 is 2.56 bits per heavy atom. The minimum Gasteiger partial charge on any atom is -0.463 e. The van der Waals surface area contributed by atoms with E-state index in [1.807, 2.05) is 12.1 Å². The summed E-state index contributed by atoms with van der Waals surface area (Å²) in [7, 11) is 0. The highest BCUT2D eigenvalue weighted by Gasteiger charge is 2.04. The van der Waals surface area contributed by atoms with Crippen molar-refractivity contribution in [1.29, 1.82) is 0 Å². The molecule has 0 saturated heterocycles. The van der Waals surface area contributed by atoms with E-state index in [0.717, 1.165) is 17.7 Å². The number of ether oxygens (including phenoxy) is 1. The van der Waals surface area contributed by atoms with Crippen molar-refractivity contribution in [1.82, 2.24) is 0 Å². The first kappa shape index (κ1) is 14.2. The Morgan fingerprint density at radius 2 is 2.00 bits per heavy atom. The van der Waals surface area contributed by atoms with Crippen LogP contribution in [0.4, 0.5) is 5.69 Å². The fraction of sp³-hybridized carbons (Fsp3) is 0.429. The van der Waals surface area contributed by atoms with E-state index < -0.39 is 0 Å². The zero-order valence-corrected chi connectivity index (χ0v) is 10.8. The standard InChI is InChI=1S/C14H19NO3/c1-11(2)3-8-14(17)15-13-6-4-12(5-7-13)9-18-10-16/h4-7,10-11H,3,8-9H2,1-2H3,(H,15,17). The Labute approximate surface area is 107 Å². The number of hydrogen-bond donors (Lipinski definition) is 1. The maximum Gasteiger partial charge on any atom is 0.293 e. The highest BCUT2D eigenvalue weighted by Crippen LogP contribution is 2.12. The minimum absolute atomic E-state index is 0.0283. The Morgan fingerprint density at radius 1 is 1.33 bits per heavy atom. The smallest absolute Gasteiger partial charge is 0.293 e. The third kappa shape index (κ3) is 5.48. The quantitative estimate of drug-likeness (QED) is 0.756. The highest BCUT2D eigenvalue weighted by atomic mass is 16.5. The van der Waals surface area contributed by atoms with Crippen LogP contribution in [0.3, 0.4) is 0 Å². The van der Waals surface area contributed by atoms with Crippen molar-refractivity contribution in [3.05, 3.63) is 29.8 Å². The summed E-state index contributed by atoms with van der Waals surface area (Å²) in [6.45, 7) is 4.86. The second kappa shape index (κ2) is 7.48. The summed E-state index contributed by atoms with van der Waals surface area (Å²) >= 11 is 0. The van der Waals surface area contributed by atoms with Crippen molar-refractivity contribution in [3.63, 3.8) is 0 Å². The molecular weight excluding hydrogens is 230 g/mol. The van der Waals surface area contributed by atoms with Crippen LogP contribution in [0.1, 0.15) is 32.3 Å². The van der Waals surface area contributed by atoms with E-state index in [-0.39, 0.29) is 12.5 Å². The lowest BCUT2D eigenvalue weighted by molar-refractivity contribution is -0.129. The Bertz CT molecular complexity index is 385. The number of benzene rings is 1. The predicted molar refractivity (Wildman–Crippen MR) is 70.0 cm³/mol. The minimum atomic E-state index is 0.0283. The zero-order chi connectivity index (χ0) is 13.4. The molecule has 18 heavy (non-hydrogen) atoms. The van der Waals surface area contributed by atoms with Crippen LogP contribution in [0.15, 0.2) is 24.3 Å². The van der Waals surface area contributed by atoms with E-state index in [9.17, 15) is 9.59 Å². The van der Waals surface area contributed by atoms with Crippen molar-refractivity contribution >= 4 is 18.1 Å². The lowest BCUT2D eigenvalue weighted by atomic mass is 10.1. The lowest BCUT2D eigenvalue weighted by Crippen LogP contribution is -2.12. The molecule has 0 spiro atoms. The number of nitrogens with one attached hydrogen (secondary N) is 1. The van der Waals surface area contributed by atoms with Gasteiger partial charge in [-0.15, -0.1) is 0 Å². The Hall–Kier alpha value is -1.84.